The molecule has 0 aliphatic rings. The molecule has 2 aromatic rings. The molecule has 114 valence electrons. The average Bonchev–Trinajstić information content (AvgIpc) is 2.47. The number of rotatable bonds is 4. The SMILES string of the molecule is COc1ccc(C)cc1NC(=O)c1ccc(Br)c([N+](=O)[O-])c1. The summed E-state index contributed by atoms with van der Waals surface area (Å²) in [5.74, 6) is 0.0741. The molecule has 0 saturated heterocycles. The van der Waals surface area contributed by atoms with Crippen LogP contribution in [0.3, 0.4) is 0 Å². The van der Waals surface area contributed by atoms with Crippen LogP contribution in [0.5, 0.6) is 5.75 Å². The van der Waals surface area contributed by atoms with Gasteiger partial charge in [-0.15, -0.1) is 0 Å². The number of hydrogen-bond acceptors (Lipinski definition) is 4. The highest BCUT2D eigenvalue weighted by Crippen LogP contribution is 2.28. The van der Waals surface area contributed by atoms with E-state index >= 15 is 0 Å². The fourth-order valence-corrected chi connectivity index (χ4v) is 2.30. The third-order valence-electron chi connectivity index (χ3n) is 3.01. The maximum absolute atomic E-state index is 12.3. The lowest BCUT2D eigenvalue weighted by atomic mass is 10.1. The van der Waals surface area contributed by atoms with E-state index in [-0.39, 0.29) is 11.3 Å². The molecule has 22 heavy (non-hydrogen) atoms. The maximum Gasteiger partial charge on any atom is 0.284 e. The van der Waals surface area contributed by atoms with E-state index in [4.69, 9.17) is 4.74 Å². The van der Waals surface area contributed by atoms with Crippen LogP contribution in [-0.2, 0) is 0 Å². The smallest absolute Gasteiger partial charge is 0.284 e. The molecule has 0 aliphatic heterocycles. The van der Waals surface area contributed by atoms with Crippen molar-refractivity contribution in [2.24, 2.45) is 0 Å². The number of nitrogens with zero attached hydrogens (tertiary/aromatic N) is 1. The van der Waals surface area contributed by atoms with Gasteiger partial charge in [-0.05, 0) is 52.7 Å². The van der Waals surface area contributed by atoms with E-state index in [9.17, 15) is 14.9 Å². The number of anilines is 1. The number of aryl methyl sites for hydroxylation is 1. The number of carbonyl (C=O) groups excluding carboxylic acids is 1. The Balaban J connectivity index is 2.32. The van der Waals surface area contributed by atoms with E-state index in [1.807, 2.05) is 13.0 Å². The molecule has 0 heterocycles. The molecule has 0 aliphatic carbocycles. The standard InChI is InChI=1S/C15H13BrN2O4/c1-9-3-6-14(22-2)12(7-9)17-15(19)10-4-5-11(16)13(8-10)18(20)21/h3-8H,1-2H3,(H,17,19). The highest BCUT2D eigenvalue weighted by atomic mass is 79.9. The second-order valence-electron chi connectivity index (χ2n) is 4.58. The highest BCUT2D eigenvalue weighted by Gasteiger charge is 2.17. The van der Waals surface area contributed by atoms with Crippen molar-refractivity contribution in [2.45, 2.75) is 6.92 Å². The summed E-state index contributed by atoms with van der Waals surface area (Å²) in [6, 6.07) is 9.58. The summed E-state index contributed by atoms with van der Waals surface area (Å²) in [4.78, 5) is 22.7. The molecular weight excluding hydrogens is 352 g/mol. The number of nitro groups is 1. The van der Waals surface area contributed by atoms with E-state index in [2.05, 4.69) is 21.2 Å². The summed E-state index contributed by atoms with van der Waals surface area (Å²) in [5.41, 5.74) is 1.50. The normalized spacial score (nSPS) is 10.1. The quantitative estimate of drug-likeness (QED) is 0.658. The van der Waals surface area contributed by atoms with E-state index in [1.165, 1.54) is 25.3 Å². The summed E-state index contributed by atoms with van der Waals surface area (Å²) < 4.78 is 5.51. The van der Waals surface area contributed by atoms with E-state index in [0.29, 0.717) is 15.9 Å². The third kappa shape index (κ3) is 3.43. The molecule has 0 saturated carbocycles. The molecule has 0 atom stereocenters. The van der Waals surface area contributed by atoms with Crippen molar-refractivity contribution >= 4 is 33.2 Å². The fraction of sp³-hybridized carbons (Fsp3) is 0.133. The van der Waals surface area contributed by atoms with Crippen molar-refractivity contribution < 1.29 is 14.5 Å². The lowest BCUT2D eigenvalue weighted by Gasteiger charge is -2.11. The van der Waals surface area contributed by atoms with Gasteiger partial charge in [0.2, 0.25) is 0 Å². The summed E-state index contributed by atoms with van der Waals surface area (Å²) in [7, 11) is 1.50. The van der Waals surface area contributed by atoms with Gasteiger partial charge in [0.05, 0.1) is 22.2 Å². The van der Waals surface area contributed by atoms with Crippen LogP contribution in [0, 0.1) is 17.0 Å². The maximum atomic E-state index is 12.3. The van der Waals surface area contributed by atoms with Gasteiger partial charge >= 0.3 is 0 Å². The van der Waals surface area contributed by atoms with E-state index < -0.39 is 10.8 Å². The van der Waals surface area contributed by atoms with Crippen LogP contribution < -0.4 is 10.1 Å². The van der Waals surface area contributed by atoms with Gasteiger partial charge in [-0.1, -0.05) is 6.07 Å². The number of nitro benzene ring substituents is 1. The first-order chi connectivity index (χ1) is 10.4. The lowest BCUT2D eigenvalue weighted by molar-refractivity contribution is -0.385. The van der Waals surface area contributed by atoms with Gasteiger partial charge in [-0.2, -0.15) is 0 Å². The molecule has 7 heteroatoms. The molecule has 0 aromatic heterocycles. The molecule has 2 aromatic carbocycles. The topological polar surface area (TPSA) is 81.5 Å². The van der Waals surface area contributed by atoms with Crippen LogP contribution in [0.4, 0.5) is 11.4 Å². The highest BCUT2D eigenvalue weighted by molar-refractivity contribution is 9.10. The molecule has 2 rings (SSSR count). The van der Waals surface area contributed by atoms with Crippen molar-refractivity contribution in [3.63, 3.8) is 0 Å². The monoisotopic (exact) mass is 364 g/mol. The summed E-state index contributed by atoms with van der Waals surface area (Å²) in [6.07, 6.45) is 0. The Morgan fingerprint density at radius 3 is 2.64 bits per heavy atom. The Morgan fingerprint density at radius 1 is 1.27 bits per heavy atom. The predicted molar refractivity (Wildman–Crippen MR) is 86.5 cm³/mol. The number of hydrogen-bond donors (Lipinski definition) is 1. The second kappa shape index (κ2) is 6.57. The molecule has 0 spiro atoms. The van der Waals surface area contributed by atoms with Gasteiger partial charge in [0.15, 0.2) is 0 Å². The van der Waals surface area contributed by atoms with Gasteiger partial charge in [-0.3, -0.25) is 14.9 Å². The summed E-state index contributed by atoms with van der Waals surface area (Å²) in [6.45, 7) is 1.89. The van der Waals surface area contributed by atoms with Crippen LogP contribution >= 0.6 is 15.9 Å². The van der Waals surface area contributed by atoms with Gasteiger partial charge < -0.3 is 10.1 Å². The van der Waals surface area contributed by atoms with E-state index in [1.54, 1.807) is 12.1 Å². The van der Waals surface area contributed by atoms with Gasteiger partial charge in [-0.25, -0.2) is 0 Å². The first-order valence-electron chi connectivity index (χ1n) is 6.32. The summed E-state index contributed by atoms with van der Waals surface area (Å²) in [5, 5.41) is 13.6. The third-order valence-corrected chi connectivity index (χ3v) is 3.68. The summed E-state index contributed by atoms with van der Waals surface area (Å²) >= 11 is 3.09. The molecule has 0 radical (unpaired) electrons. The molecule has 0 unspecified atom stereocenters. The molecule has 6 nitrogen and oxygen atoms in total. The Labute approximate surface area is 135 Å². The zero-order valence-corrected chi connectivity index (χ0v) is 13.5. The second-order valence-corrected chi connectivity index (χ2v) is 5.44. The molecular formula is C15H13BrN2O4. The zero-order chi connectivity index (χ0) is 16.3. The van der Waals surface area contributed by atoms with Gasteiger partial charge in [0, 0.05) is 11.6 Å². The lowest BCUT2D eigenvalue weighted by Crippen LogP contribution is -2.13. The number of benzene rings is 2. The Morgan fingerprint density at radius 2 is 2.00 bits per heavy atom. The van der Waals surface area contributed by atoms with Crippen LogP contribution in [0.15, 0.2) is 40.9 Å². The van der Waals surface area contributed by atoms with E-state index in [0.717, 1.165) is 5.56 Å². The molecule has 1 N–H and O–H groups in total. The Hall–Kier alpha value is -2.41. The van der Waals surface area contributed by atoms with Crippen molar-refractivity contribution in [1.29, 1.82) is 0 Å². The van der Waals surface area contributed by atoms with Crippen LogP contribution in [0.25, 0.3) is 0 Å². The largest absolute Gasteiger partial charge is 0.495 e. The first kappa shape index (κ1) is 16.0. The number of halogens is 1. The Kier molecular flexibility index (Phi) is 4.77. The Bertz CT molecular complexity index is 746. The predicted octanol–water partition coefficient (Wildman–Crippen LogP) is 3.93. The van der Waals surface area contributed by atoms with Crippen molar-refractivity contribution in [3.8, 4) is 5.75 Å². The average molecular weight is 365 g/mol. The minimum absolute atomic E-state index is 0.163. The number of methoxy groups -OCH3 is 1. The van der Waals surface area contributed by atoms with Gasteiger partial charge in [0.1, 0.15) is 5.75 Å². The fourth-order valence-electron chi connectivity index (χ4n) is 1.91. The minimum Gasteiger partial charge on any atom is -0.495 e. The van der Waals surface area contributed by atoms with Crippen molar-refractivity contribution in [2.75, 3.05) is 12.4 Å². The zero-order valence-electron chi connectivity index (χ0n) is 11.9. The first-order valence-corrected chi connectivity index (χ1v) is 7.11. The number of nitrogens with one attached hydrogen (secondary N) is 1. The number of amides is 1. The number of ether oxygens (including phenoxy) is 1. The van der Waals surface area contributed by atoms with Crippen LogP contribution in [0.1, 0.15) is 15.9 Å². The molecule has 0 bridgehead atoms. The van der Waals surface area contributed by atoms with Crippen LogP contribution in [-0.4, -0.2) is 17.9 Å². The van der Waals surface area contributed by atoms with Crippen LogP contribution in [0.2, 0.25) is 0 Å². The number of carbonyl (C=O) groups is 1. The molecule has 0 fully saturated rings. The molecule has 1 amide bonds. The van der Waals surface area contributed by atoms with Crippen molar-refractivity contribution in [1.82, 2.24) is 0 Å². The van der Waals surface area contributed by atoms with Crippen molar-refractivity contribution in [3.05, 3.63) is 62.1 Å². The van der Waals surface area contributed by atoms with Gasteiger partial charge in [0.25, 0.3) is 11.6 Å². The minimum atomic E-state index is -0.548.